The first-order valence-electron chi connectivity index (χ1n) is 5.61. The molecule has 0 bridgehead atoms. The molecular formula is C12H14FN3O2. The summed E-state index contributed by atoms with van der Waals surface area (Å²) in [6.07, 6.45) is 0.501. The van der Waals surface area contributed by atoms with Crippen molar-refractivity contribution in [3.63, 3.8) is 0 Å². The van der Waals surface area contributed by atoms with Crippen molar-refractivity contribution >= 4 is 0 Å². The Morgan fingerprint density at radius 3 is 2.78 bits per heavy atom. The smallest absolute Gasteiger partial charge is 0.252 e. The van der Waals surface area contributed by atoms with E-state index >= 15 is 0 Å². The number of halogens is 1. The standard InChI is InChI=1S/C12H14FN3O2/c13-10-3-1-9(2-4-10)7-11-15-12(18-16-11)8-17-6-5-14/h1-4H,5-8,14H2. The van der Waals surface area contributed by atoms with Crippen LogP contribution in [0.2, 0.25) is 0 Å². The van der Waals surface area contributed by atoms with Crippen LogP contribution in [0.3, 0.4) is 0 Å². The summed E-state index contributed by atoms with van der Waals surface area (Å²) in [5.41, 5.74) is 6.21. The molecule has 1 aromatic carbocycles. The molecule has 0 atom stereocenters. The molecule has 2 aromatic rings. The Kier molecular flexibility index (Phi) is 4.38. The van der Waals surface area contributed by atoms with E-state index in [0.29, 0.717) is 31.3 Å². The van der Waals surface area contributed by atoms with Crippen molar-refractivity contribution in [3.8, 4) is 0 Å². The van der Waals surface area contributed by atoms with Gasteiger partial charge in [-0.2, -0.15) is 4.98 Å². The van der Waals surface area contributed by atoms with E-state index in [1.165, 1.54) is 12.1 Å². The molecular weight excluding hydrogens is 237 g/mol. The van der Waals surface area contributed by atoms with Gasteiger partial charge in [0.05, 0.1) is 6.61 Å². The Labute approximate surface area is 104 Å². The highest BCUT2D eigenvalue weighted by molar-refractivity contribution is 5.19. The molecule has 1 heterocycles. The van der Waals surface area contributed by atoms with E-state index in [0.717, 1.165) is 5.56 Å². The van der Waals surface area contributed by atoms with Gasteiger partial charge in [0.15, 0.2) is 5.82 Å². The lowest BCUT2D eigenvalue weighted by Gasteiger charge is -1.96. The fourth-order valence-electron chi connectivity index (χ4n) is 1.45. The van der Waals surface area contributed by atoms with Crippen LogP contribution in [0.4, 0.5) is 4.39 Å². The first kappa shape index (κ1) is 12.7. The van der Waals surface area contributed by atoms with Gasteiger partial charge in [0.1, 0.15) is 12.4 Å². The number of benzene rings is 1. The molecule has 1 aromatic heterocycles. The van der Waals surface area contributed by atoms with Crippen LogP contribution in [0.1, 0.15) is 17.3 Å². The molecule has 0 saturated heterocycles. The van der Waals surface area contributed by atoms with Crippen molar-refractivity contribution in [2.75, 3.05) is 13.2 Å². The summed E-state index contributed by atoms with van der Waals surface area (Å²) >= 11 is 0. The summed E-state index contributed by atoms with van der Waals surface area (Å²) in [4.78, 5) is 4.16. The predicted octanol–water partition coefficient (Wildman–Crippen LogP) is 1.27. The van der Waals surface area contributed by atoms with E-state index in [1.807, 2.05) is 0 Å². The van der Waals surface area contributed by atoms with Gasteiger partial charge in [-0.1, -0.05) is 17.3 Å². The summed E-state index contributed by atoms with van der Waals surface area (Å²) in [7, 11) is 0. The summed E-state index contributed by atoms with van der Waals surface area (Å²) < 4.78 is 22.9. The van der Waals surface area contributed by atoms with Gasteiger partial charge in [0.2, 0.25) is 0 Å². The fraction of sp³-hybridized carbons (Fsp3) is 0.333. The second-order valence-electron chi connectivity index (χ2n) is 3.75. The molecule has 0 aliphatic rings. The molecule has 6 heteroatoms. The van der Waals surface area contributed by atoms with Crippen LogP contribution in [-0.4, -0.2) is 23.3 Å². The Balaban J connectivity index is 1.91. The van der Waals surface area contributed by atoms with Crippen LogP contribution < -0.4 is 5.73 Å². The zero-order valence-corrected chi connectivity index (χ0v) is 9.80. The molecule has 0 amide bonds. The highest BCUT2D eigenvalue weighted by atomic mass is 19.1. The van der Waals surface area contributed by atoms with Crippen LogP contribution in [0.25, 0.3) is 0 Å². The summed E-state index contributed by atoms with van der Waals surface area (Å²) in [6.45, 7) is 1.17. The Morgan fingerprint density at radius 2 is 2.06 bits per heavy atom. The predicted molar refractivity (Wildman–Crippen MR) is 62.2 cm³/mol. The average molecular weight is 251 g/mol. The molecule has 5 nitrogen and oxygen atoms in total. The zero-order valence-electron chi connectivity index (χ0n) is 9.80. The van der Waals surface area contributed by atoms with Gasteiger partial charge >= 0.3 is 0 Å². The average Bonchev–Trinajstić information content (AvgIpc) is 2.80. The quantitative estimate of drug-likeness (QED) is 0.783. The molecule has 2 N–H and O–H groups in total. The third-order valence-corrected chi connectivity index (χ3v) is 2.27. The number of ether oxygens (including phenoxy) is 1. The highest BCUT2D eigenvalue weighted by Crippen LogP contribution is 2.08. The van der Waals surface area contributed by atoms with Crippen molar-refractivity contribution < 1.29 is 13.7 Å². The Hall–Kier alpha value is -1.79. The van der Waals surface area contributed by atoms with Gasteiger partial charge < -0.3 is 15.0 Å². The lowest BCUT2D eigenvalue weighted by Crippen LogP contribution is -2.08. The summed E-state index contributed by atoms with van der Waals surface area (Å²) in [5, 5.41) is 3.82. The van der Waals surface area contributed by atoms with E-state index in [9.17, 15) is 4.39 Å². The number of nitrogens with zero attached hydrogens (tertiary/aromatic N) is 2. The molecule has 18 heavy (non-hydrogen) atoms. The monoisotopic (exact) mass is 251 g/mol. The van der Waals surface area contributed by atoms with Gasteiger partial charge in [-0.05, 0) is 17.7 Å². The molecule has 0 saturated carbocycles. The Bertz CT molecular complexity index is 484. The number of aromatic nitrogens is 2. The third kappa shape index (κ3) is 3.61. The van der Waals surface area contributed by atoms with Crippen molar-refractivity contribution in [1.29, 1.82) is 0 Å². The van der Waals surface area contributed by atoms with Crippen LogP contribution in [-0.2, 0) is 17.8 Å². The molecule has 0 aliphatic heterocycles. The zero-order chi connectivity index (χ0) is 12.8. The van der Waals surface area contributed by atoms with Crippen molar-refractivity contribution in [1.82, 2.24) is 10.1 Å². The minimum atomic E-state index is -0.261. The van der Waals surface area contributed by atoms with E-state index < -0.39 is 0 Å². The molecule has 0 aliphatic carbocycles. The molecule has 0 fully saturated rings. The van der Waals surface area contributed by atoms with E-state index in [1.54, 1.807) is 12.1 Å². The van der Waals surface area contributed by atoms with Crippen LogP contribution in [0.5, 0.6) is 0 Å². The largest absolute Gasteiger partial charge is 0.370 e. The summed E-state index contributed by atoms with van der Waals surface area (Å²) in [5.74, 6) is 0.705. The van der Waals surface area contributed by atoms with Crippen molar-refractivity contribution in [3.05, 3.63) is 47.4 Å². The van der Waals surface area contributed by atoms with E-state index in [2.05, 4.69) is 10.1 Å². The Morgan fingerprint density at radius 1 is 1.28 bits per heavy atom. The third-order valence-electron chi connectivity index (χ3n) is 2.27. The van der Waals surface area contributed by atoms with Crippen molar-refractivity contribution in [2.45, 2.75) is 13.0 Å². The maximum absolute atomic E-state index is 12.7. The van der Waals surface area contributed by atoms with Gasteiger partial charge in [-0.25, -0.2) is 4.39 Å². The van der Waals surface area contributed by atoms with Crippen LogP contribution in [0, 0.1) is 5.82 Å². The van der Waals surface area contributed by atoms with Crippen LogP contribution >= 0.6 is 0 Å². The SMILES string of the molecule is NCCOCc1nc(Cc2ccc(F)cc2)no1. The molecule has 0 spiro atoms. The lowest BCUT2D eigenvalue weighted by atomic mass is 10.1. The number of hydrogen-bond acceptors (Lipinski definition) is 5. The van der Waals surface area contributed by atoms with Crippen molar-refractivity contribution in [2.24, 2.45) is 5.73 Å². The first-order chi connectivity index (χ1) is 8.78. The second kappa shape index (κ2) is 6.23. The first-order valence-corrected chi connectivity index (χ1v) is 5.61. The molecule has 2 rings (SSSR count). The number of nitrogens with two attached hydrogens (primary N) is 1. The number of rotatable bonds is 6. The molecule has 0 unspecified atom stereocenters. The van der Waals surface area contributed by atoms with Crippen LogP contribution in [0.15, 0.2) is 28.8 Å². The van der Waals surface area contributed by atoms with Gasteiger partial charge in [-0.15, -0.1) is 0 Å². The topological polar surface area (TPSA) is 74.2 Å². The summed E-state index contributed by atoms with van der Waals surface area (Å²) in [6, 6.07) is 6.19. The fourth-order valence-corrected chi connectivity index (χ4v) is 1.45. The second-order valence-corrected chi connectivity index (χ2v) is 3.75. The van der Waals surface area contributed by atoms with Gasteiger partial charge in [0.25, 0.3) is 5.89 Å². The van der Waals surface area contributed by atoms with E-state index in [-0.39, 0.29) is 12.4 Å². The van der Waals surface area contributed by atoms with E-state index in [4.69, 9.17) is 15.0 Å². The highest BCUT2D eigenvalue weighted by Gasteiger charge is 2.07. The normalized spacial score (nSPS) is 10.8. The lowest BCUT2D eigenvalue weighted by molar-refractivity contribution is 0.104. The van der Waals surface area contributed by atoms with Gasteiger partial charge in [-0.3, -0.25) is 0 Å². The maximum atomic E-state index is 12.7. The minimum absolute atomic E-state index is 0.258. The van der Waals surface area contributed by atoms with Gasteiger partial charge in [0, 0.05) is 13.0 Å². The molecule has 0 radical (unpaired) electrons. The minimum Gasteiger partial charge on any atom is -0.370 e. The molecule has 96 valence electrons. The number of hydrogen-bond donors (Lipinski definition) is 1. The maximum Gasteiger partial charge on any atom is 0.252 e.